The molecule has 30 rings (SSSR count). The van der Waals surface area contributed by atoms with E-state index in [0.717, 1.165) is 0 Å². The van der Waals surface area contributed by atoms with Crippen molar-refractivity contribution < 1.29 is 0 Å². The summed E-state index contributed by atoms with van der Waals surface area (Å²) >= 11 is 5.71. The Kier molecular flexibility index (Phi) is 19.5. The number of rotatable bonds is 12. The molecule has 6 nitrogen and oxygen atoms in total. The monoisotopic (exact) mass is 1850 g/mol. The molecule has 141 heavy (non-hydrogen) atoms. The number of fused-ring (bicyclic) bond motifs is 24. The van der Waals surface area contributed by atoms with Gasteiger partial charge in [-0.15, -0.1) is 34.0 Å². The van der Waals surface area contributed by atoms with Crippen LogP contribution >= 0.6 is 34.0 Å². The maximum Gasteiger partial charge on any atom is 0.0727 e. The third-order valence-corrected chi connectivity index (χ3v) is 32.2. The molecule has 9 aromatic heterocycles. The normalized spacial score (nSPS) is 11.8. The lowest BCUT2D eigenvalue weighted by atomic mass is 9.91. The predicted molar refractivity (Wildman–Crippen MR) is 604 cm³/mol. The van der Waals surface area contributed by atoms with Crippen molar-refractivity contribution in [3.8, 4) is 101 Å². The summed E-state index contributed by atoms with van der Waals surface area (Å²) in [5.74, 6) is 0. The van der Waals surface area contributed by atoms with E-state index in [4.69, 9.17) is 0 Å². The topological polar surface area (TPSA) is 29.6 Å². The highest BCUT2D eigenvalue weighted by Gasteiger charge is 2.28. The van der Waals surface area contributed by atoms with Crippen LogP contribution in [0, 0.1) is 0 Å². The van der Waals surface area contributed by atoms with E-state index in [9.17, 15) is 0 Å². The largest absolute Gasteiger partial charge is 0.309 e. The molecule has 660 valence electrons. The van der Waals surface area contributed by atoms with E-state index in [-0.39, 0.29) is 0 Å². The van der Waals surface area contributed by atoms with E-state index < -0.39 is 0 Å². The second-order valence-electron chi connectivity index (χ2n) is 36.3. The van der Waals surface area contributed by atoms with Gasteiger partial charge in [0.25, 0.3) is 0 Å². The van der Waals surface area contributed by atoms with E-state index in [1.165, 1.54) is 260 Å². The highest BCUT2D eigenvalue weighted by Crippen LogP contribution is 2.53. The van der Waals surface area contributed by atoms with Gasteiger partial charge in [0.15, 0.2) is 0 Å². The van der Waals surface area contributed by atoms with Crippen molar-refractivity contribution in [3.63, 3.8) is 0 Å². The van der Waals surface area contributed by atoms with Crippen molar-refractivity contribution in [2.75, 3.05) is 0 Å². The quantitative estimate of drug-likeness (QED) is 0.117. The number of thiophene rings is 3. The Morgan fingerprint density at radius 2 is 0.390 bits per heavy atom. The minimum Gasteiger partial charge on any atom is -0.309 e. The first-order valence-electron chi connectivity index (χ1n) is 48.1. The molecule has 30 aromatic rings. The predicted octanol–water partition coefficient (Wildman–Crippen LogP) is 37.3. The molecule has 0 amide bonds. The molecule has 0 aliphatic rings. The van der Waals surface area contributed by atoms with Crippen molar-refractivity contribution in [2.45, 2.75) is 0 Å². The van der Waals surface area contributed by atoms with Crippen molar-refractivity contribution in [2.24, 2.45) is 0 Å². The smallest absolute Gasteiger partial charge is 0.0727 e. The molecule has 0 aliphatic heterocycles. The van der Waals surface area contributed by atoms with Crippen molar-refractivity contribution in [1.82, 2.24) is 27.4 Å². The Morgan fingerprint density at radius 3 is 0.851 bits per heavy atom. The van der Waals surface area contributed by atoms with Crippen molar-refractivity contribution >= 4 is 193 Å². The molecule has 0 spiro atoms. The van der Waals surface area contributed by atoms with Crippen LogP contribution in [0.25, 0.3) is 260 Å². The van der Waals surface area contributed by atoms with Crippen LogP contribution in [-0.4, -0.2) is 27.4 Å². The first-order chi connectivity index (χ1) is 70.0. The van der Waals surface area contributed by atoms with Gasteiger partial charge in [-0.05, 0) is 189 Å². The van der Waals surface area contributed by atoms with E-state index in [1.54, 1.807) is 0 Å². The summed E-state index contributed by atoms with van der Waals surface area (Å²) in [5, 5.41) is 15.4. The summed E-state index contributed by atoms with van der Waals surface area (Å²) in [6.45, 7) is 0. The minimum absolute atomic E-state index is 1.17. The highest BCUT2D eigenvalue weighted by molar-refractivity contribution is 7.28. The van der Waals surface area contributed by atoms with Gasteiger partial charge < -0.3 is 27.4 Å². The zero-order valence-corrected chi connectivity index (χ0v) is 78.9. The van der Waals surface area contributed by atoms with Gasteiger partial charge >= 0.3 is 0 Å². The van der Waals surface area contributed by atoms with E-state index in [0.29, 0.717) is 0 Å². The van der Waals surface area contributed by atoms with Crippen LogP contribution in [0.3, 0.4) is 0 Å². The number of hydrogen-bond donors (Lipinski definition) is 0. The van der Waals surface area contributed by atoms with Crippen molar-refractivity contribution in [1.29, 1.82) is 0 Å². The Hall–Kier alpha value is -17.7. The second kappa shape index (κ2) is 33.6. The maximum atomic E-state index is 2.44. The molecule has 9 heterocycles. The maximum absolute atomic E-state index is 2.44. The van der Waals surface area contributed by atoms with Gasteiger partial charge in [0.05, 0.1) is 80.3 Å². The van der Waals surface area contributed by atoms with E-state index in [1.807, 2.05) is 34.0 Å². The Labute approximate surface area is 824 Å². The van der Waals surface area contributed by atoms with Crippen LogP contribution in [0.15, 0.2) is 510 Å². The zero-order chi connectivity index (χ0) is 92.7. The summed E-state index contributed by atoms with van der Waals surface area (Å²) < 4.78 is 22.5. The van der Waals surface area contributed by atoms with E-state index in [2.05, 4.69) is 537 Å². The molecule has 0 radical (unpaired) electrons. The van der Waals surface area contributed by atoms with Gasteiger partial charge in [0.1, 0.15) is 0 Å². The average molecular weight is 1850 g/mol. The zero-order valence-electron chi connectivity index (χ0n) is 76.4. The summed E-state index contributed by atoms with van der Waals surface area (Å²) in [5.41, 5.74) is 36.9. The molecule has 9 heteroatoms. The fourth-order valence-electron chi connectivity index (χ4n) is 22.6. The third kappa shape index (κ3) is 13.2. The van der Waals surface area contributed by atoms with Crippen LogP contribution in [0.4, 0.5) is 0 Å². The fourth-order valence-corrected chi connectivity index (χ4v) is 26.5. The SMILES string of the molecule is c1ccc(-n2c3ccccc3c3c(-c4ccccc4-c4cccc5c4sc4c6ccccc6n(-c6ccccc6)c54)cccc32)cc1.c1ccc(-n2c3ccccc3c3ccc(-c4ccccc4-c4ccc5c(c4)sc4c6ccccc6n(-c6ccccc6)c54)cc32)cc1.c1ccc(-n2c3ccccc3c3cccc(-c4ccccc4-c4ccc5c(c4)sc4c6ccccc6n(-c6ccccc6)c54)c32)cc1. The summed E-state index contributed by atoms with van der Waals surface area (Å²) in [6, 6.07) is 185. The first-order valence-corrected chi connectivity index (χ1v) is 50.6. The average Bonchev–Trinajstić information content (AvgIpc) is 1.57. The van der Waals surface area contributed by atoms with Gasteiger partial charge in [-0.25, -0.2) is 0 Å². The minimum atomic E-state index is 1.17. The van der Waals surface area contributed by atoms with Gasteiger partial charge in [0.2, 0.25) is 0 Å². The molecule has 0 saturated heterocycles. The number of aromatic nitrogens is 6. The molecule has 0 aliphatic carbocycles. The van der Waals surface area contributed by atoms with Crippen LogP contribution in [0.2, 0.25) is 0 Å². The van der Waals surface area contributed by atoms with Gasteiger partial charge in [-0.1, -0.05) is 376 Å². The van der Waals surface area contributed by atoms with Crippen LogP contribution in [-0.2, 0) is 0 Å². The standard InChI is InChI=1S/3C44H28N2S/c1-3-15-29(16-4-1)45-38-26-11-9-21-35(38)41-33(23-14-28-40(41)45)31-19-7-8-20-32(31)34-24-13-25-37-42-44(47-43(34)37)36-22-10-12-27-39(36)46(42)30-17-5-2-6-18-30;1-3-14-30(15-4-1)45-39-24-11-9-20-34(39)36-23-13-22-35(42(36)45)33-19-8-7-18-32(33)29-26-27-38-41(28-29)47-44-37-21-10-12-25-40(37)46(43(38)44)31-16-5-2-6-17-31;1-3-13-31(14-4-1)45-39-21-11-9-19-35(39)36-25-23-29(27-41(36)45)33-17-7-8-18-34(33)30-24-26-38-42(28-30)47-44-37-20-10-12-22-40(37)46(43(38)44)32-15-5-2-6-16-32/h3*1-28H. The van der Waals surface area contributed by atoms with Crippen LogP contribution < -0.4 is 0 Å². The van der Waals surface area contributed by atoms with Gasteiger partial charge in [0, 0.05) is 124 Å². The molecule has 0 atom stereocenters. The molecule has 0 bridgehead atoms. The lowest BCUT2D eigenvalue weighted by Gasteiger charge is -2.15. The molecule has 0 fully saturated rings. The first kappa shape index (κ1) is 81.6. The number of benzene rings is 21. The molecular formula is C132H84N6S3. The fraction of sp³-hybridized carbons (Fsp3) is 0. The molecule has 0 unspecified atom stereocenters. The lowest BCUT2D eigenvalue weighted by Crippen LogP contribution is -1.96. The lowest BCUT2D eigenvalue weighted by molar-refractivity contribution is 1.18. The number of nitrogens with zero attached hydrogens (tertiary/aromatic N) is 6. The molecular weight excluding hydrogens is 1770 g/mol. The van der Waals surface area contributed by atoms with Crippen LogP contribution in [0.1, 0.15) is 0 Å². The highest BCUT2D eigenvalue weighted by atomic mass is 32.1. The Morgan fingerprint density at radius 1 is 0.128 bits per heavy atom. The Balaban J connectivity index is 0.000000104. The Bertz CT molecular complexity index is 10200. The number of hydrogen-bond acceptors (Lipinski definition) is 3. The van der Waals surface area contributed by atoms with Crippen LogP contribution in [0.5, 0.6) is 0 Å². The second-order valence-corrected chi connectivity index (χ2v) is 39.5. The van der Waals surface area contributed by atoms with E-state index >= 15 is 0 Å². The van der Waals surface area contributed by atoms with Gasteiger partial charge in [-0.3, -0.25) is 0 Å². The summed E-state index contributed by atoms with van der Waals surface area (Å²) in [4.78, 5) is 0. The molecule has 21 aromatic carbocycles. The number of para-hydroxylation sites is 13. The summed E-state index contributed by atoms with van der Waals surface area (Å²) in [7, 11) is 0. The summed E-state index contributed by atoms with van der Waals surface area (Å²) in [6.07, 6.45) is 0. The molecule has 0 N–H and O–H groups in total. The van der Waals surface area contributed by atoms with Crippen molar-refractivity contribution in [3.05, 3.63) is 510 Å². The third-order valence-electron chi connectivity index (χ3n) is 28.6. The molecule has 0 saturated carbocycles. The van der Waals surface area contributed by atoms with Gasteiger partial charge in [-0.2, -0.15) is 0 Å².